The first-order valence-electron chi connectivity index (χ1n) is 11.3. The van der Waals surface area contributed by atoms with Gasteiger partial charge in [-0.15, -0.1) is 16.1 Å². The Morgan fingerprint density at radius 2 is 1.97 bits per heavy atom. The van der Waals surface area contributed by atoms with Gasteiger partial charge in [0, 0.05) is 62.8 Å². The number of hydrogen-bond acceptors (Lipinski definition) is 10. The van der Waals surface area contributed by atoms with Crippen LogP contribution in [0.25, 0.3) is 21.1 Å². The predicted molar refractivity (Wildman–Crippen MR) is 135 cm³/mol. The van der Waals surface area contributed by atoms with Crippen molar-refractivity contribution in [3.05, 3.63) is 56.3 Å². The number of nitrogens with zero attached hydrogens (tertiary/aromatic N) is 6. The molecule has 182 valence electrons. The molecule has 1 fully saturated rings. The molecule has 35 heavy (non-hydrogen) atoms. The first-order chi connectivity index (χ1) is 17.0. The van der Waals surface area contributed by atoms with Gasteiger partial charge in [0.15, 0.2) is 5.82 Å². The third-order valence-corrected chi connectivity index (χ3v) is 7.33. The first-order valence-corrected chi connectivity index (χ1v) is 12.1. The van der Waals surface area contributed by atoms with E-state index in [1.807, 2.05) is 19.3 Å². The van der Waals surface area contributed by atoms with Gasteiger partial charge in [-0.25, -0.2) is 9.78 Å². The molecule has 1 aliphatic rings. The van der Waals surface area contributed by atoms with E-state index >= 15 is 0 Å². The fourth-order valence-electron chi connectivity index (χ4n) is 4.45. The molecule has 0 aromatic carbocycles. The Balaban J connectivity index is 1.33. The van der Waals surface area contributed by atoms with Crippen molar-refractivity contribution in [1.82, 2.24) is 24.2 Å². The maximum atomic E-state index is 12.8. The first kappa shape index (κ1) is 23.0. The van der Waals surface area contributed by atoms with Crippen molar-refractivity contribution in [1.29, 1.82) is 0 Å². The Bertz CT molecular complexity index is 1520. The molecule has 0 saturated carbocycles. The molecule has 1 aliphatic heterocycles. The molecule has 0 atom stereocenters. The second kappa shape index (κ2) is 9.47. The zero-order valence-corrected chi connectivity index (χ0v) is 20.2. The van der Waals surface area contributed by atoms with Crippen molar-refractivity contribution in [3.8, 4) is 0 Å². The van der Waals surface area contributed by atoms with E-state index in [1.165, 1.54) is 11.3 Å². The summed E-state index contributed by atoms with van der Waals surface area (Å²) in [5.74, 6) is 0.761. The van der Waals surface area contributed by atoms with E-state index in [0.29, 0.717) is 16.8 Å². The number of pyridine rings is 2. The molecule has 0 spiro atoms. The van der Waals surface area contributed by atoms with Gasteiger partial charge < -0.3 is 15.1 Å². The van der Waals surface area contributed by atoms with Crippen LogP contribution in [0.4, 0.5) is 11.5 Å². The molecule has 5 rings (SSSR count). The van der Waals surface area contributed by atoms with Gasteiger partial charge >= 0.3 is 12.2 Å². The van der Waals surface area contributed by atoms with Crippen LogP contribution in [-0.4, -0.2) is 63.9 Å². The number of piperazine rings is 1. The van der Waals surface area contributed by atoms with E-state index in [1.54, 1.807) is 19.2 Å². The molecule has 0 unspecified atom stereocenters. The summed E-state index contributed by atoms with van der Waals surface area (Å²) in [7, 11) is 1.83. The Morgan fingerprint density at radius 3 is 2.69 bits per heavy atom. The number of rotatable bonds is 7. The average Bonchev–Trinajstić information content (AvgIpc) is 3.30. The molecule has 11 nitrogen and oxygen atoms in total. The lowest BCUT2D eigenvalue weighted by atomic mass is 10.2. The van der Waals surface area contributed by atoms with Gasteiger partial charge in [0.1, 0.15) is 15.7 Å². The molecule has 0 bridgehead atoms. The normalized spacial score (nSPS) is 14.5. The summed E-state index contributed by atoms with van der Waals surface area (Å²) in [4.78, 5) is 55.6. The molecule has 1 N–H and O–H groups in total. The zero-order chi connectivity index (χ0) is 24.5. The number of thiophene rings is 1. The Hall–Kier alpha value is -3.77. The lowest BCUT2D eigenvalue weighted by Crippen LogP contribution is -2.45. The monoisotopic (exact) mass is 495 g/mol. The largest absolute Gasteiger partial charge is 0.371 e. The molecular weight excluding hydrogens is 470 g/mol. The van der Waals surface area contributed by atoms with Crippen molar-refractivity contribution >= 4 is 50.4 Å². The van der Waals surface area contributed by atoms with Crippen molar-refractivity contribution < 1.29 is 9.63 Å². The van der Waals surface area contributed by atoms with Crippen molar-refractivity contribution in [3.63, 3.8) is 0 Å². The van der Waals surface area contributed by atoms with E-state index in [0.717, 1.165) is 62.8 Å². The van der Waals surface area contributed by atoms with Crippen molar-refractivity contribution in [2.24, 2.45) is 0 Å². The Morgan fingerprint density at radius 1 is 1.17 bits per heavy atom. The second-order valence-corrected chi connectivity index (χ2v) is 9.33. The molecular formula is C23H25N7O4S. The van der Waals surface area contributed by atoms with Crippen LogP contribution in [0.5, 0.6) is 0 Å². The third-order valence-electron chi connectivity index (χ3n) is 6.23. The molecule has 1 saturated heterocycles. The number of fused-ring (bicyclic) bond motifs is 2. The number of hydrogen-bond donors (Lipinski definition) is 1. The van der Waals surface area contributed by atoms with Crippen molar-refractivity contribution in [2.45, 2.75) is 20.0 Å². The molecule has 0 radical (unpaired) electrons. The minimum Gasteiger partial charge on any atom is -0.371 e. The highest BCUT2D eigenvalue weighted by Crippen LogP contribution is 2.26. The van der Waals surface area contributed by atoms with Crippen LogP contribution in [-0.2, 0) is 17.9 Å². The highest BCUT2D eigenvalue weighted by molar-refractivity contribution is 7.18. The molecule has 4 aromatic heterocycles. The number of nitrogens with one attached hydrogen (secondary N) is 1. The van der Waals surface area contributed by atoms with Gasteiger partial charge in [0.2, 0.25) is 0 Å². The summed E-state index contributed by atoms with van der Waals surface area (Å²) in [5, 5.41) is 4.11. The summed E-state index contributed by atoms with van der Waals surface area (Å²) >= 11 is 1.33. The predicted octanol–water partition coefficient (Wildman–Crippen LogP) is 1.14. The highest BCUT2D eigenvalue weighted by atomic mass is 32.1. The van der Waals surface area contributed by atoms with Crippen LogP contribution >= 0.6 is 11.3 Å². The third kappa shape index (κ3) is 4.15. The van der Waals surface area contributed by atoms with E-state index in [2.05, 4.69) is 31.2 Å². The summed E-state index contributed by atoms with van der Waals surface area (Å²) in [5.41, 5.74) is 1.23. The standard InChI is InChI=1S/C23H25N7O4S/c1-3-29-22(32)20-18(30(23(29)33)34-14-31)11-17(35-20)13-27-6-8-28(9-7-27)16-10-15-4-5-25-21(24-2)19(15)26-12-16/h4-5,10-12,14H,3,6-9,13H2,1-2H3,(H,24,25). The molecule has 0 aliphatic carbocycles. The SMILES string of the molecule is CCn1c(=O)c2sc(CN3CCN(c4cnc5c(NC)nccc5c4)CC3)cc2n(OC=O)c1=O. The smallest absolute Gasteiger partial charge is 0.365 e. The Kier molecular flexibility index (Phi) is 6.22. The molecule has 0 amide bonds. The molecule has 4 aromatic rings. The fourth-order valence-corrected chi connectivity index (χ4v) is 5.57. The van der Waals surface area contributed by atoms with Gasteiger partial charge in [-0.3, -0.25) is 24.0 Å². The molecule has 5 heterocycles. The topological polar surface area (TPSA) is 115 Å². The summed E-state index contributed by atoms with van der Waals surface area (Å²) in [6, 6.07) is 5.86. The Labute approximate surface area is 204 Å². The van der Waals surface area contributed by atoms with Gasteiger partial charge in [-0.05, 0) is 25.1 Å². The number of aromatic nitrogens is 4. The maximum Gasteiger partial charge on any atom is 0.365 e. The van der Waals surface area contributed by atoms with Crippen LogP contribution in [0.1, 0.15) is 11.8 Å². The molecule has 12 heteroatoms. The van der Waals surface area contributed by atoms with Gasteiger partial charge in [0.25, 0.3) is 5.56 Å². The minimum atomic E-state index is -0.656. The summed E-state index contributed by atoms with van der Waals surface area (Å²) in [6.45, 7) is 6.08. The van der Waals surface area contributed by atoms with E-state index in [9.17, 15) is 14.4 Å². The fraction of sp³-hybridized carbons (Fsp3) is 0.348. The highest BCUT2D eigenvalue weighted by Gasteiger charge is 2.21. The minimum absolute atomic E-state index is 0.194. The van der Waals surface area contributed by atoms with Crippen LogP contribution in [0.3, 0.4) is 0 Å². The number of carbonyl (C=O) groups excluding carboxylic acids is 1. The van der Waals surface area contributed by atoms with Crippen molar-refractivity contribution in [2.75, 3.05) is 43.4 Å². The summed E-state index contributed by atoms with van der Waals surface area (Å²) in [6.07, 6.45) is 3.66. The second-order valence-electron chi connectivity index (χ2n) is 8.19. The van der Waals surface area contributed by atoms with Crippen LogP contribution in [0.2, 0.25) is 0 Å². The van der Waals surface area contributed by atoms with E-state index in [4.69, 9.17) is 4.84 Å². The van der Waals surface area contributed by atoms with Crippen LogP contribution in [0.15, 0.2) is 40.2 Å². The van der Waals surface area contributed by atoms with Gasteiger partial charge in [-0.1, -0.05) is 0 Å². The summed E-state index contributed by atoms with van der Waals surface area (Å²) < 4.78 is 2.37. The average molecular weight is 496 g/mol. The maximum absolute atomic E-state index is 12.8. The van der Waals surface area contributed by atoms with Gasteiger partial charge in [-0.2, -0.15) is 0 Å². The number of carbonyl (C=O) groups is 1. The quantitative estimate of drug-likeness (QED) is 0.377. The van der Waals surface area contributed by atoms with E-state index < -0.39 is 5.69 Å². The zero-order valence-electron chi connectivity index (χ0n) is 19.4. The van der Waals surface area contributed by atoms with Crippen LogP contribution < -0.4 is 26.3 Å². The lowest BCUT2D eigenvalue weighted by molar-refractivity contribution is -0.129. The van der Waals surface area contributed by atoms with Crippen LogP contribution in [0, 0.1) is 0 Å². The lowest BCUT2D eigenvalue weighted by Gasteiger charge is -2.35. The number of anilines is 2. The van der Waals surface area contributed by atoms with E-state index in [-0.39, 0.29) is 18.6 Å². The van der Waals surface area contributed by atoms with Gasteiger partial charge in [0.05, 0.1) is 11.9 Å².